The van der Waals surface area contributed by atoms with E-state index in [9.17, 15) is 14.4 Å². The van der Waals surface area contributed by atoms with Crippen LogP contribution in [-0.4, -0.2) is 24.9 Å². The van der Waals surface area contributed by atoms with Crippen molar-refractivity contribution in [2.24, 2.45) is 0 Å². The van der Waals surface area contributed by atoms with Crippen molar-refractivity contribution in [2.75, 3.05) is 17.7 Å². The molecule has 6 heteroatoms. The number of carbonyl (C=O) groups is 3. The van der Waals surface area contributed by atoms with E-state index in [0.29, 0.717) is 28.1 Å². The summed E-state index contributed by atoms with van der Waals surface area (Å²) in [7, 11) is 1.29. The number of aryl methyl sites for hydroxylation is 2. The van der Waals surface area contributed by atoms with Crippen molar-refractivity contribution < 1.29 is 19.1 Å². The summed E-state index contributed by atoms with van der Waals surface area (Å²) in [5.41, 5.74) is 4.33. The number of methoxy groups -OCH3 is 1. The van der Waals surface area contributed by atoms with E-state index in [0.717, 1.165) is 11.1 Å². The third-order valence-electron chi connectivity index (χ3n) is 4.75. The molecule has 0 spiro atoms. The highest BCUT2D eigenvalue weighted by Gasteiger charge is 2.15. The normalized spacial score (nSPS) is 10.2. The first-order valence-corrected chi connectivity index (χ1v) is 9.36. The third kappa shape index (κ3) is 4.72. The predicted octanol–water partition coefficient (Wildman–Crippen LogP) is 4.59. The zero-order valence-corrected chi connectivity index (χ0v) is 17.0. The Morgan fingerprint density at radius 2 is 1.40 bits per heavy atom. The number of nitrogens with one attached hydrogen (secondary N) is 2. The SMILES string of the molecule is COC(=O)c1ccc(C(=O)Nc2ccccc2C(=O)Nc2ccc(C)c(C)c2)cc1. The minimum absolute atomic E-state index is 0.324. The fraction of sp³-hybridized carbons (Fsp3) is 0.125. The van der Waals surface area contributed by atoms with Crippen molar-refractivity contribution in [2.45, 2.75) is 13.8 Å². The van der Waals surface area contributed by atoms with E-state index >= 15 is 0 Å². The Kier molecular flexibility index (Phi) is 6.27. The first-order chi connectivity index (χ1) is 14.4. The summed E-state index contributed by atoms with van der Waals surface area (Å²) in [4.78, 5) is 36.9. The van der Waals surface area contributed by atoms with Crippen LogP contribution in [-0.2, 0) is 4.74 Å². The van der Waals surface area contributed by atoms with Gasteiger partial charge in [0, 0.05) is 11.3 Å². The molecule has 0 heterocycles. The quantitative estimate of drug-likeness (QED) is 0.611. The molecule has 0 saturated carbocycles. The van der Waals surface area contributed by atoms with Gasteiger partial charge in [-0.2, -0.15) is 0 Å². The van der Waals surface area contributed by atoms with E-state index in [1.807, 2.05) is 32.0 Å². The van der Waals surface area contributed by atoms with Crippen LogP contribution in [0.1, 0.15) is 42.2 Å². The number of para-hydroxylation sites is 1. The fourth-order valence-electron chi connectivity index (χ4n) is 2.88. The van der Waals surface area contributed by atoms with Crippen LogP contribution in [0.4, 0.5) is 11.4 Å². The molecule has 3 aromatic carbocycles. The lowest BCUT2D eigenvalue weighted by Crippen LogP contribution is -2.18. The summed E-state index contributed by atoms with van der Waals surface area (Å²) in [6.07, 6.45) is 0. The molecule has 0 fully saturated rings. The number of hydrogen-bond acceptors (Lipinski definition) is 4. The molecule has 0 aliphatic carbocycles. The summed E-state index contributed by atoms with van der Waals surface area (Å²) >= 11 is 0. The molecule has 0 aromatic heterocycles. The Hall–Kier alpha value is -3.93. The maximum atomic E-state index is 12.8. The van der Waals surface area contributed by atoms with Crippen LogP contribution >= 0.6 is 0 Å². The standard InChI is InChI=1S/C24H22N2O4/c1-15-8-13-19(14-16(15)2)25-23(28)20-6-4-5-7-21(20)26-22(27)17-9-11-18(12-10-17)24(29)30-3/h4-14H,1-3H3,(H,25,28)(H,26,27). The maximum absolute atomic E-state index is 12.8. The molecule has 0 radical (unpaired) electrons. The minimum Gasteiger partial charge on any atom is -0.465 e. The molecule has 0 bridgehead atoms. The smallest absolute Gasteiger partial charge is 0.337 e. The third-order valence-corrected chi connectivity index (χ3v) is 4.75. The van der Waals surface area contributed by atoms with Gasteiger partial charge in [-0.05, 0) is 73.5 Å². The van der Waals surface area contributed by atoms with Crippen molar-refractivity contribution in [3.8, 4) is 0 Å². The van der Waals surface area contributed by atoms with Gasteiger partial charge in [-0.15, -0.1) is 0 Å². The largest absolute Gasteiger partial charge is 0.465 e. The van der Waals surface area contributed by atoms with E-state index in [-0.39, 0.29) is 5.91 Å². The van der Waals surface area contributed by atoms with Gasteiger partial charge in [0.25, 0.3) is 11.8 Å². The molecule has 0 aliphatic rings. The second kappa shape index (κ2) is 9.05. The van der Waals surface area contributed by atoms with E-state index in [1.165, 1.54) is 31.4 Å². The molecule has 2 amide bonds. The number of anilines is 2. The van der Waals surface area contributed by atoms with Gasteiger partial charge in [-0.1, -0.05) is 18.2 Å². The van der Waals surface area contributed by atoms with Gasteiger partial charge in [0.15, 0.2) is 0 Å². The number of esters is 1. The molecule has 152 valence electrons. The van der Waals surface area contributed by atoms with Gasteiger partial charge in [-0.25, -0.2) is 4.79 Å². The Bertz CT molecular complexity index is 1100. The molecule has 0 aliphatic heterocycles. The monoisotopic (exact) mass is 402 g/mol. The van der Waals surface area contributed by atoms with Crippen molar-refractivity contribution >= 4 is 29.2 Å². The van der Waals surface area contributed by atoms with Crippen LogP contribution in [0.3, 0.4) is 0 Å². The molecule has 3 aromatic rings. The van der Waals surface area contributed by atoms with E-state index in [4.69, 9.17) is 0 Å². The number of carbonyl (C=O) groups excluding carboxylic acids is 3. The van der Waals surface area contributed by atoms with Gasteiger partial charge in [0.05, 0.1) is 23.9 Å². The second-order valence-electron chi connectivity index (χ2n) is 6.82. The van der Waals surface area contributed by atoms with Crippen LogP contribution in [0.2, 0.25) is 0 Å². The molecule has 0 unspecified atom stereocenters. The summed E-state index contributed by atoms with van der Waals surface area (Å²) in [5.74, 6) is -1.19. The van der Waals surface area contributed by atoms with Crippen molar-refractivity contribution in [1.82, 2.24) is 0 Å². The number of benzene rings is 3. The lowest BCUT2D eigenvalue weighted by Gasteiger charge is -2.12. The molecule has 3 rings (SSSR count). The average Bonchev–Trinajstić information content (AvgIpc) is 2.76. The number of ether oxygens (including phenoxy) is 1. The second-order valence-corrected chi connectivity index (χ2v) is 6.82. The van der Waals surface area contributed by atoms with E-state index < -0.39 is 11.9 Å². The fourth-order valence-corrected chi connectivity index (χ4v) is 2.88. The molecular formula is C24H22N2O4. The maximum Gasteiger partial charge on any atom is 0.337 e. The number of amides is 2. The first kappa shape index (κ1) is 20.8. The lowest BCUT2D eigenvalue weighted by molar-refractivity contribution is 0.0600. The van der Waals surface area contributed by atoms with Gasteiger partial charge in [-0.3, -0.25) is 9.59 Å². The van der Waals surface area contributed by atoms with E-state index in [2.05, 4.69) is 15.4 Å². The van der Waals surface area contributed by atoms with Crippen LogP contribution in [0.15, 0.2) is 66.7 Å². The molecule has 6 nitrogen and oxygen atoms in total. The van der Waals surface area contributed by atoms with Crippen molar-refractivity contribution in [3.63, 3.8) is 0 Å². The summed E-state index contributed by atoms with van der Waals surface area (Å²) in [6.45, 7) is 3.98. The Morgan fingerprint density at radius 1 is 0.733 bits per heavy atom. The summed E-state index contributed by atoms with van der Waals surface area (Å²) in [5, 5.41) is 5.63. The number of hydrogen-bond donors (Lipinski definition) is 2. The lowest BCUT2D eigenvalue weighted by atomic mass is 10.1. The molecule has 0 atom stereocenters. The van der Waals surface area contributed by atoms with Crippen molar-refractivity contribution in [3.05, 3.63) is 94.5 Å². The van der Waals surface area contributed by atoms with E-state index in [1.54, 1.807) is 24.3 Å². The Morgan fingerprint density at radius 3 is 2.07 bits per heavy atom. The highest BCUT2D eigenvalue weighted by molar-refractivity contribution is 6.12. The minimum atomic E-state index is -0.477. The zero-order valence-electron chi connectivity index (χ0n) is 17.0. The summed E-state index contributed by atoms with van der Waals surface area (Å²) < 4.78 is 4.65. The zero-order chi connectivity index (χ0) is 21.7. The topological polar surface area (TPSA) is 84.5 Å². The van der Waals surface area contributed by atoms with Crippen LogP contribution < -0.4 is 10.6 Å². The first-order valence-electron chi connectivity index (χ1n) is 9.36. The van der Waals surface area contributed by atoms with Crippen LogP contribution in [0, 0.1) is 13.8 Å². The molecule has 0 saturated heterocycles. The summed E-state index contributed by atoms with van der Waals surface area (Å²) in [6, 6.07) is 18.5. The van der Waals surface area contributed by atoms with Crippen molar-refractivity contribution in [1.29, 1.82) is 0 Å². The Balaban J connectivity index is 1.77. The van der Waals surface area contributed by atoms with Crippen LogP contribution in [0.5, 0.6) is 0 Å². The molecule has 2 N–H and O–H groups in total. The van der Waals surface area contributed by atoms with Crippen LogP contribution in [0.25, 0.3) is 0 Å². The predicted molar refractivity (Wildman–Crippen MR) is 116 cm³/mol. The highest BCUT2D eigenvalue weighted by Crippen LogP contribution is 2.20. The van der Waals surface area contributed by atoms with Gasteiger partial charge >= 0.3 is 5.97 Å². The van der Waals surface area contributed by atoms with Gasteiger partial charge in [0.2, 0.25) is 0 Å². The number of rotatable bonds is 5. The Labute approximate surface area is 174 Å². The highest BCUT2D eigenvalue weighted by atomic mass is 16.5. The van der Waals surface area contributed by atoms with Gasteiger partial charge in [0.1, 0.15) is 0 Å². The average molecular weight is 402 g/mol. The molecular weight excluding hydrogens is 380 g/mol. The molecule has 30 heavy (non-hydrogen) atoms. The van der Waals surface area contributed by atoms with Gasteiger partial charge < -0.3 is 15.4 Å².